The van der Waals surface area contributed by atoms with Gasteiger partial charge in [0, 0.05) is 5.56 Å². The number of aromatic nitrogens is 2. The number of hydrogen-bond donors (Lipinski definition) is 1. The van der Waals surface area contributed by atoms with Gasteiger partial charge in [-0.3, -0.25) is 0 Å². The summed E-state index contributed by atoms with van der Waals surface area (Å²) in [6, 6.07) is 9.20. The predicted octanol–water partition coefficient (Wildman–Crippen LogP) is 1.59. The van der Waals surface area contributed by atoms with Gasteiger partial charge in [0.15, 0.2) is 4.60 Å². The maximum atomic E-state index is 11.4. The van der Waals surface area contributed by atoms with Gasteiger partial charge < -0.3 is 4.74 Å². The van der Waals surface area contributed by atoms with Crippen molar-refractivity contribution in [1.82, 2.24) is 5.16 Å². The fourth-order valence-corrected chi connectivity index (χ4v) is 1.33. The maximum Gasteiger partial charge on any atom is 0.375 e. The number of benzene rings is 1. The van der Waals surface area contributed by atoms with Gasteiger partial charge >= 0.3 is 11.6 Å². The molecule has 0 bridgehead atoms. The van der Waals surface area contributed by atoms with Gasteiger partial charge in [-0.15, -0.1) is 0 Å². The van der Waals surface area contributed by atoms with Gasteiger partial charge in [0.1, 0.15) is 0 Å². The largest absolute Gasteiger partial charge is 0.457 e. The second-order valence-electron chi connectivity index (χ2n) is 2.93. The van der Waals surface area contributed by atoms with E-state index in [0.29, 0.717) is 22.8 Å². The van der Waals surface area contributed by atoms with E-state index in [1.165, 1.54) is 0 Å². The molecule has 0 saturated heterocycles. The summed E-state index contributed by atoms with van der Waals surface area (Å²) in [5.74, 6) is 0.346. The standard InChI is InChI=1S/C10H11N2O3/c1-2-14-10-9(12(13)15-11-10)8-6-4-3-5-7-8/h3-7,11H,2H2,1H3/q+1. The highest BCUT2D eigenvalue weighted by Crippen LogP contribution is 2.23. The lowest BCUT2D eigenvalue weighted by molar-refractivity contribution is -0.704. The van der Waals surface area contributed by atoms with Crippen molar-refractivity contribution in [2.75, 3.05) is 6.61 Å². The van der Waals surface area contributed by atoms with Crippen LogP contribution in [0.25, 0.3) is 11.3 Å². The molecular formula is C10H11N2O3+. The average molecular weight is 207 g/mol. The molecule has 0 amide bonds. The van der Waals surface area contributed by atoms with E-state index in [1.807, 2.05) is 37.3 Å². The summed E-state index contributed by atoms with van der Waals surface area (Å²) in [5.41, 5.74) is 1.11. The topological polar surface area (TPSA) is 61.1 Å². The van der Waals surface area contributed by atoms with Gasteiger partial charge in [-0.1, -0.05) is 35.0 Å². The lowest BCUT2D eigenvalue weighted by atomic mass is 10.2. The van der Waals surface area contributed by atoms with Crippen LogP contribution in [0.3, 0.4) is 0 Å². The van der Waals surface area contributed by atoms with Gasteiger partial charge in [-0.25, -0.2) is 0 Å². The number of nitrogens with zero attached hydrogens (tertiary/aromatic N) is 1. The first-order chi connectivity index (χ1) is 7.33. The zero-order valence-electron chi connectivity index (χ0n) is 8.27. The van der Waals surface area contributed by atoms with Crippen LogP contribution in [0.2, 0.25) is 0 Å². The van der Waals surface area contributed by atoms with E-state index in [4.69, 9.17) is 4.74 Å². The predicted molar refractivity (Wildman–Crippen MR) is 53.0 cm³/mol. The van der Waals surface area contributed by atoms with Crippen LogP contribution in [0, 0.1) is 4.91 Å². The fourth-order valence-electron chi connectivity index (χ4n) is 1.33. The van der Waals surface area contributed by atoms with Crippen LogP contribution in [-0.2, 0) is 0 Å². The van der Waals surface area contributed by atoms with Crippen LogP contribution in [0.4, 0.5) is 0 Å². The summed E-state index contributed by atoms with van der Waals surface area (Å²) < 4.78 is 10.3. The zero-order chi connectivity index (χ0) is 10.7. The smallest absolute Gasteiger partial charge is 0.375 e. The molecule has 0 aliphatic heterocycles. The molecule has 0 radical (unpaired) electrons. The van der Waals surface area contributed by atoms with E-state index in [2.05, 4.69) is 9.79 Å². The molecule has 1 heterocycles. The Hall–Kier alpha value is -2.04. The average Bonchev–Trinajstić information content (AvgIpc) is 2.62. The lowest BCUT2D eigenvalue weighted by Crippen LogP contribution is -2.12. The highest BCUT2D eigenvalue weighted by atomic mass is 16.7. The normalized spacial score (nSPS) is 10.2. The third-order valence-corrected chi connectivity index (χ3v) is 1.95. The van der Waals surface area contributed by atoms with Crippen molar-refractivity contribution in [3.63, 3.8) is 0 Å². The molecule has 0 unspecified atom stereocenters. The zero-order valence-corrected chi connectivity index (χ0v) is 8.27. The molecule has 0 saturated carbocycles. The van der Waals surface area contributed by atoms with Gasteiger partial charge in [0.25, 0.3) is 0 Å². The quantitative estimate of drug-likeness (QED) is 0.831. The van der Waals surface area contributed by atoms with E-state index < -0.39 is 0 Å². The van der Waals surface area contributed by atoms with Gasteiger partial charge in [-0.2, -0.15) is 0 Å². The van der Waals surface area contributed by atoms with E-state index in [1.54, 1.807) is 0 Å². The minimum atomic E-state index is 0.346. The van der Waals surface area contributed by atoms with Crippen molar-refractivity contribution in [3.8, 4) is 17.1 Å². The molecule has 0 spiro atoms. The molecule has 1 N–H and O–H groups in total. The second-order valence-corrected chi connectivity index (χ2v) is 2.93. The number of ether oxygens (including phenoxy) is 1. The highest BCUT2D eigenvalue weighted by molar-refractivity contribution is 5.60. The van der Waals surface area contributed by atoms with Crippen LogP contribution < -0.4 is 9.34 Å². The maximum absolute atomic E-state index is 11.4. The Bertz CT molecular complexity index is 487. The third kappa shape index (κ3) is 1.76. The molecule has 2 aromatic rings. The number of rotatable bonds is 3. The van der Waals surface area contributed by atoms with Crippen molar-refractivity contribution < 1.29 is 14.0 Å². The Morgan fingerprint density at radius 2 is 2.13 bits per heavy atom. The van der Waals surface area contributed by atoms with E-state index >= 15 is 0 Å². The molecule has 78 valence electrons. The molecule has 1 aromatic heterocycles. The molecule has 0 aliphatic rings. The molecule has 5 nitrogen and oxygen atoms in total. The van der Waals surface area contributed by atoms with Crippen molar-refractivity contribution in [1.29, 1.82) is 0 Å². The van der Waals surface area contributed by atoms with Crippen molar-refractivity contribution >= 4 is 0 Å². The van der Waals surface area contributed by atoms with Crippen LogP contribution in [0.5, 0.6) is 5.88 Å². The summed E-state index contributed by atoms with van der Waals surface area (Å²) in [4.78, 5) is 11.4. The number of nitrogens with one attached hydrogen (secondary N) is 1. The number of hydrogen-bond acceptors (Lipinski definition) is 3. The van der Waals surface area contributed by atoms with Crippen LogP contribution >= 0.6 is 0 Å². The first-order valence-electron chi connectivity index (χ1n) is 4.65. The molecular weight excluding hydrogens is 196 g/mol. The van der Waals surface area contributed by atoms with Gasteiger partial charge in [-0.05, 0) is 17.0 Å². The fraction of sp³-hybridized carbons (Fsp3) is 0.200. The summed E-state index contributed by atoms with van der Waals surface area (Å²) in [7, 11) is 0. The molecule has 15 heavy (non-hydrogen) atoms. The van der Waals surface area contributed by atoms with Crippen LogP contribution in [0.15, 0.2) is 35.0 Å². The molecule has 0 aliphatic carbocycles. The molecule has 5 heteroatoms. The number of H-pyrrole nitrogens is 1. The van der Waals surface area contributed by atoms with E-state index in [-0.39, 0.29) is 0 Å². The second kappa shape index (κ2) is 4.00. The van der Waals surface area contributed by atoms with Crippen molar-refractivity contribution in [3.05, 3.63) is 35.2 Å². The summed E-state index contributed by atoms with van der Waals surface area (Å²) >= 11 is 0. The summed E-state index contributed by atoms with van der Waals surface area (Å²) in [5, 5.41) is 2.43. The molecule has 1 aromatic carbocycles. The Morgan fingerprint density at radius 3 is 2.80 bits per heavy atom. The van der Waals surface area contributed by atoms with Gasteiger partial charge in [0.2, 0.25) is 0 Å². The van der Waals surface area contributed by atoms with Crippen LogP contribution in [0.1, 0.15) is 6.92 Å². The van der Waals surface area contributed by atoms with Crippen LogP contribution in [-0.4, -0.2) is 11.8 Å². The van der Waals surface area contributed by atoms with Crippen molar-refractivity contribution in [2.45, 2.75) is 6.92 Å². The highest BCUT2D eigenvalue weighted by Gasteiger charge is 2.23. The number of aromatic amines is 1. The third-order valence-electron chi connectivity index (χ3n) is 1.95. The SMILES string of the molecule is CCOc1[nH]o[n+](=O)c1-c1ccccc1. The first kappa shape index (κ1) is 9.51. The Kier molecular flexibility index (Phi) is 2.53. The summed E-state index contributed by atoms with van der Waals surface area (Å²) in [6.45, 7) is 2.31. The molecule has 2 rings (SSSR count). The molecule has 0 fully saturated rings. The minimum Gasteiger partial charge on any atom is -0.457 e. The van der Waals surface area contributed by atoms with Crippen molar-refractivity contribution in [2.24, 2.45) is 0 Å². The minimum absolute atomic E-state index is 0.346. The first-order valence-corrected chi connectivity index (χ1v) is 4.65. The Labute approximate surface area is 85.8 Å². The summed E-state index contributed by atoms with van der Waals surface area (Å²) in [6.07, 6.45) is 0. The monoisotopic (exact) mass is 207 g/mol. The molecule has 0 atom stereocenters. The Morgan fingerprint density at radius 1 is 1.40 bits per heavy atom. The van der Waals surface area contributed by atoms with E-state index in [9.17, 15) is 4.91 Å². The lowest BCUT2D eigenvalue weighted by Gasteiger charge is -1.94. The van der Waals surface area contributed by atoms with Gasteiger partial charge in [0.05, 0.1) is 6.61 Å². The Balaban J connectivity index is 2.52. The van der Waals surface area contributed by atoms with E-state index in [0.717, 1.165) is 5.56 Å².